The van der Waals surface area contributed by atoms with E-state index in [0.717, 1.165) is 38.5 Å². The van der Waals surface area contributed by atoms with E-state index >= 15 is 0 Å². The summed E-state index contributed by atoms with van der Waals surface area (Å²) in [5.41, 5.74) is 0. The number of hydrogen-bond acceptors (Lipinski definition) is 2. The van der Waals surface area contributed by atoms with Gasteiger partial charge in [0.2, 0.25) is 0 Å². The van der Waals surface area contributed by atoms with Crippen LogP contribution in [0.15, 0.2) is 0 Å². The largest absolute Gasteiger partial charge is 0.393 e. The Morgan fingerprint density at radius 1 is 0.417 bits per heavy atom. The van der Waals surface area contributed by atoms with Gasteiger partial charge in [0, 0.05) is 0 Å². The van der Waals surface area contributed by atoms with E-state index < -0.39 is 0 Å². The Balaban J connectivity index is 3.28. The molecule has 0 rings (SSSR count). The highest BCUT2D eigenvalue weighted by molar-refractivity contribution is 4.60. The van der Waals surface area contributed by atoms with Gasteiger partial charge in [-0.25, -0.2) is 0 Å². The predicted molar refractivity (Wildman–Crippen MR) is 106 cm³/mol. The quantitative estimate of drug-likeness (QED) is 0.254. The van der Waals surface area contributed by atoms with Crippen molar-refractivity contribution in [1.29, 1.82) is 0 Å². The van der Waals surface area contributed by atoms with Gasteiger partial charge in [0.05, 0.1) is 12.2 Å². The van der Waals surface area contributed by atoms with Crippen LogP contribution in [0.2, 0.25) is 0 Å². The summed E-state index contributed by atoms with van der Waals surface area (Å²) < 4.78 is 0. The molecule has 0 bridgehead atoms. The van der Waals surface area contributed by atoms with Crippen molar-refractivity contribution in [2.24, 2.45) is 0 Å². The van der Waals surface area contributed by atoms with Crippen LogP contribution in [0.25, 0.3) is 0 Å². The lowest BCUT2D eigenvalue weighted by Crippen LogP contribution is -2.09. The smallest absolute Gasteiger partial charge is 0.0540 e. The van der Waals surface area contributed by atoms with Crippen LogP contribution in [0.1, 0.15) is 129 Å². The molecule has 0 spiro atoms. The van der Waals surface area contributed by atoms with E-state index in [0.29, 0.717) is 0 Å². The van der Waals surface area contributed by atoms with E-state index in [-0.39, 0.29) is 12.2 Å². The van der Waals surface area contributed by atoms with Crippen LogP contribution in [0.4, 0.5) is 0 Å². The Kier molecular flexibility index (Phi) is 19.2. The molecule has 0 saturated carbocycles. The highest BCUT2D eigenvalue weighted by Gasteiger charge is 2.07. The van der Waals surface area contributed by atoms with E-state index in [1.165, 1.54) is 77.0 Å². The van der Waals surface area contributed by atoms with Crippen LogP contribution in [-0.2, 0) is 0 Å². The molecule has 0 aliphatic heterocycles. The number of aliphatic hydroxyl groups is 2. The second-order valence-corrected chi connectivity index (χ2v) is 7.70. The van der Waals surface area contributed by atoms with Crippen LogP contribution >= 0.6 is 0 Å². The summed E-state index contributed by atoms with van der Waals surface area (Å²) in [5, 5.41) is 20.0. The molecule has 2 heteroatoms. The number of unbranched alkanes of at least 4 members (excludes halogenated alkanes) is 11. The Morgan fingerprint density at radius 2 is 0.667 bits per heavy atom. The molecule has 0 aromatic carbocycles. The number of hydrogen-bond donors (Lipinski definition) is 2. The zero-order chi connectivity index (χ0) is 17.9. The minimum atomic E-state index is -0.119. The lowest BCUT2D eigenvalue weighted by molar-refractivity contribution is 0.131. The van der Waals surface area contributed by atoms with Gasteiger partial charge in [0.1, 0.15) is 0 Å². The van der Waals surface area contributed by atoms with Crippen LogP contribution in [0, 0.1) is 0 Å². The summed E-state index contributed by atoms with van der Waals surface area (Å²) in [7, 11) is 0. The molecular weight excluding hydrogens is 296 g/mol. The van der Waals surface area contributed by atoms with Crippen LogP contribution < -0.4 is 0 Å². The zero-order valence-corrected chi connectivity index (χ0v) is 16.8. The van der Waals surface area contributed by atoms with Gasteiger partial charge in [0.15, 0.2) is 0 Å². The fourth-order valence-corrected chi connectivity index (χ4v) is 3.37. The van der Waals surface area contributed by atoms with Crippen molar-refractivity contribution in [1.82, 2.24) is 0 Å². The van der Waals surface area contributed by atoms with Crippen molar-refractivity contribution in [2.75, 3.05) is 0 Å². The Bertz CT molecular complexity index is 206. The fraction of sp³-hybridized carbons (Fsp3) is 1.00. The summed E-state index contributed by atoms with van der Waals surface area (Å²) in [6.45, 7) is 4.49. The minimum Gasteiger partial charge on any atom is -0.393 e. The van der Waals surface area contributed by atoms with Gasteiger partial charge in [-0.2, -0.15) is 0 Å². The molecule has 0 aliphatic carbocycles. The SMILES string of the molecule is CCCCCCCCC(O)CCCCC(O)CCCCCCCC. The van der Waals surface area contributed by atoms with E-state index in [1.807, 2.05) is 0 Å². The standard InChI is InChI=1S/C22H46O2/c1-3-5-7-9-11-13-17-21(23)19-15-16-20-22(24)18-14-12-10-8-6-4-2/h21-24H,3-20H2,1-2H3. The first-order valence-electron chi connectivity index (χ1n) is 11.1. The molecule has 2 nitrogen and oxygen atoms in total. The molecule has 0 heterocycles. The molecule has 0 aliphatic rings. The average molecular weight is 343 g/mol. The molecule has 2 unspecified atom stereocenters. The third kappa shape index (κ3) is 18.3. The maximum atomic E-state index is 10.00. The first-order valence-corrected chi connectivity index (χ1v) is 11.1. The molecule has 0 fully saturated rings. The topological polar surface area (TPSA) is 40.5 Å². The van der Waals surface area contributed by atoms with E-state index in [2.05, 4.69) is 13.8 Å². The van der Waals surface area contributed by atoms with Crippen molar-refractivity contribution in [3.05, 3.63) is 0 Å². The summed E-state index contributed by atoms with van der Waals surface area (Å²) in [4.78, 5) is 0. The van der Waals surface area contributed by atoms with Gasteiger partial charge < -0.3 is 10.2 Å². The zero-order valence-electron chi connectivity index (χ0n) is 16.8. The van der Waals surface area contributed by atoms with Gasteiger partial charge in [-0.1, -0.05) is 104 Å². The maximum Gasteiger partial charge on any atom is 0.0540 e. The lowest BCUT2D eigenvalue weighted by Gasteiger charge is -2.12. The van der Waals surface area contributed by atoms with Crippen molar-refractivity contribution in [3.63, 3.8) is 0 Å². The van der Waals surface area contributed by atoms with Crippen molar-refractivity contribution >= 4 is 0 Å². The summed E-state index contributed by atoms with van der Waals surface area (Å²) in [5.74, 6) is 0. The molecular formula is C22H46O2. The minimum absolute atomic E-state index is 0.119. The number of aliphatic hydroxyl groups excluding tert-OH is 2. The summed E-state index contributed by atoms with van der Waals surface area (Å²) in [6.07, 6.45) is 21.2. The molecule has 0 radical (unpaired) electrons. The van der Waals surface area contributed by atoms with Crippen molar-refractivity contribution in [2.45, 2.75) is 142 Å². The normalized spacial score (nSPS) is 14.0. The first-order chi connectivity index (χ1) is 11.7. The van der Waals surface area contributed by atoms with Crippen LogP contribution in [-0.4, -0.2) is 22.4 Å². The maximum absolute atomic E-state index is 10.00. The van der Waals surface area contributed by atoms with E-state index in [9.17, 15) is 10.2 Å². The van der Waals surface area contributed by atoms with E-state index in [1.54, 1.807) is 0 Å². The number of rotatable bonds is 19. The van der Waals surface area contributed by atoms with Gasteiger partial charge in [-0.05, 0) is 25.7 Å². The molecule has 0 amide bonds. The second-order valence-electron chi connectivity index (χ2n) is 7.70. The van der Waals surface area contributed by atoms with E-state index in [4.69, 9.17) is 0 Å². The van der Waals surface area contributed by atoms with Crippen molar-refractivity contribution < 1.29 is 10.2 Å². The van der Waals surface area contributed by atoms with Gasteiger partial charge in [-0.15, -0.1) is 0 Å². The average Bonchev–Trinajstić information content (AvgIpc) is 2.58. The van der Waals surface area contributed by atoms with Gasteiger partial charge in [-0.3, -0.25) is 0 Å². The molecule has 2 atom stereocenters. The Hall–Kier alpha value is -0.0800. The third-order valence-corrected chi connectivity index (χ3v) is 5.11. The summed E-state index contributed by atoms with van der Waals surface area (Å²) in [6, 6.07) is 0. The second kappa shape index (κ2) is 19.2. The summed E-state index contributed by atoms with van der Waals surface area (Å²) >= 11 is 0. The molecule has 0 saturated heterocycles. The van der Waals surface area contributed by atoms with Crippen molar-refractivity contribution in [3.8, 4) is 0 Å². The van der Waals surface area contributed by atoms with Crippen LogP contribution in [0.5, 0.6) is 0 Å². The highest BCUT2D eigenvalue weighted by atomic mass is 16.3. The molecule has 2 N–H and O–H groups in total. The van der Waals surface area contributed by atoms with Gasteiger partial charge >= 0.3 is 0 Å². The molecule has 0 aromatic rings. The molecule has 24 heavy (non-hydrogen) atoms. The Labute approximate surface area is 152 Å². The third-order valence-electron chi connectivity index (χ3n) is 5.11. The highest BCUT2D eigenvalue weighted by Crippen LogP contribution is 2.15. The monoisotopic (exact) mass is 342 g/mol. The molecule has 0 aromatic heterocycles. The fourth-order valence-electron chi connectivity index (χ4n) is 3.37. The first kappa shape index (κ1) is 23.9. The Morgan fingerprint density at radius 3 is 1.00 bits per heavy atom. The molecule has 146 valence electrons. The van der Waals surface area contributed by atoms with Crippen LogP contribution in [0.3, 0.4) is 0 Å². The predicted octanol–water partition coefficient (Wildman–Crippen LogP) is 6.77. The lowest BCUT2D eigenvalue weighted by atomic mass is 10.0. The van der Waals surface area contributed by atoms with Gasteiger partial charge in [0.25, 0.3) is 0 Å².